The van der Waals surface area contributed by atoms with Gasteiger partial charge in [-0.3, -0.25) is 4.98 Å². The van der Waals surface area contributed by atoms with Gasteiger partial charge in [0.2, 0.25) is 0 Å². The molecule has 0 N–H and O–H groups in total. The van der Waals surface area contributed by atoms with E-state index in [2.05, 4.69) is 11.1 Å². The molecule has 0 aliphatic carbocycles. The lowest BCUT2D eigenvalue weighted by molar-refractivity contribution is 0.324. The zero-order valence-corrected chi connectivity index (χ0v) is 14.6. The second-order valence-electron chi connectivity index (χ2n) is 5.84. The van der Waals surface area contributed by atoms with E-state index in [1.165, 1.54) is 5.56 Å². The molecule has 0 saturated carbocycles. The van der Waals surface area contributed by atoms with Crippen LogP contribution in [0.3, 0.4) is 0 Å². The molecule has 1 atom stereocenters. The third-order valence-electron chi connectivity index (χ3n) is 4.38. The molecule has 124 valence electrons. The molecule has 1 saturated heterocycles. The maximum atomic E-state index is 12.7. The molecule has 2 rings (SSSR count). The van der Waals surface area contributed by atoms with Crippen molar-refractivity contribution in [1.82, 2.24) is 13.6 Å². The second-order valence-corrected chi connectivity index (χ2v) is 7.72. The maximum absolute atomic E-state index is 12.7. The summed E-state index contributed by atoms with van der Waals surface area (Å²) in [6, 6.07) is 4.22. The number of nitrogens with zero attached hydrogens (tertiary/aromatic N) is 3. The molecule has 1 aromatic rings. The highest BCUT2D eigenvalue weighted by atomic mass is 32.2. The Morgan fingerprint density at radius 3 is 2.73 bits per heavy atom. The predicted molar refractivity (Wildman–Crippen MR) is 88.9 cm³/mol. The quantitative estimate of drug-likeness (QED) is 0.773. The molecular weight excluding hydrogens is 298 g/mol. The number of hydrogen-bond acceptors (Lipinski definition) is 3. The SMILES string of the molecule is CCN(CC)S(=O)(=O)N1CCC[C@H]1CCc1ccnc(C)c1. The molecule has 0 amide bonds. The summed E-state index contributed by atoms with van der Waals surface area (Å²) in [7, 11) is -3.31. The van der Waals surface area contributed by atoms with Crippen molar-refractivity contribution in [2.24, 2.45) is 0 Å². The van der Waals surface area contributed by atoms with Crippen molar-refractivity contribution in [2.75, 3.05) is 19.6 Å². The minimum Gasteiger partial charge on any atom is -0.262 e. The van der Waals surface area contributed by atoms with Gasteiger partial charge in [0.1, 0.15) is 0 Å². The molecule has 0 spiro atoms. The van der Waals surface area contributed by atoms with E-state index in [4.69, 9.17) is 0 Å². The van der Waals surface area contributed by atoms with Gasteiger partial charge in [-0.25, -0.2) is 0 Å². The summed E-state index contributed by atoms with van der Waals surface area (Å²) in [5.41, 5.74) is 2.25. The van der Waals surface area contributed by atoms with Crippen molar-refractivity contribution in [3.63, 3.8) is 0 Å². The molecule has 6 heteroatoms. The summed E-state index contributed by atoms with van der Waals surface area (Å²) in [5.74, 6) is 0. The Morgan fingerprint density at radius 2 is 2.09 bits per heavy atom. The molecule has 5 nitrogen and oxygen atoms in total. The molecule has 1 aliphatic heterocycles. The molecule has 0 unspecified atom stereocenters. The first-order valence-corrected chi connectivity index (χ1v) is 9.57. The summed E-state index contributed by atoms with van der Waals surface area (Å²) in [4.78, 5) is 4.21. The lowest BCUT2D eigenvalue weighted by Crippen LogP contribution is -2.46. The van der Waals surface area contributed by atoms with Crippen LogP contribution in [0.1, 0.15) is 44.4 Å². The van der Waals surface area contributed by atoms with Crippen LogP contribution in [0.15, 0.2) is 18.3 Å². The van der Waals surface area contributed by atoms with Gasteiger partial charge in [0.15, 0.2) is 0 Å². The molecule has 0 bridgehead atoms. The first-order chi connectivity index (χ1) is 10.5. The van der Waals surface area contributed by atoms with E-state index in [1.54, 1.807) is 8.61 Å². The van der Waals surface area contributed by atoms with Gasteiger partial charge in [0, 0.05) is 37.6 Å². The highest BCUT2D eigenvalue weighted by molar-refractivity contribution is 7.86. The normalized spacial score (nSPS) is 19.9. The van der Waals surface area contributed by atoms with Crippen LogP contribution < -0.4 is 0 Å². The standard InChI is InChI=1S/C16H27N3O2S/c1-4-18(5-2)22(20,21)19-12-6-7-16(19)9-8-15-10-11-17-14(3)13-15/h10-11,13,16H,4-9,12H2,1-3H3/t16-/m0/s1. The van der Waals surface area contributed by atoms with Crippen LogP contribution in [0.5, 0.6) is 0 Å². The van der Waals surface area contributed by atoms with Crippen LogP contribution in [-0.2, 0) is 16.6 Å². The fourth-order valence-electron chi connectivity index (χ4n) is 3.19. The van der Waals surface area contributed by atoms with E-state index >= 15 is 0 Å². The van der Waals surface area contributed by atoms with Gasteiger partial charge in [-0.05, 0) is 50.3 Å². The van der Waals surface area contributed by atoms with Crippen molar-refractivity contribution in [1.29, 1.82) is 0 Å². The Bertz CT molecular complexity index is 585. The molecule has 1 aromatic heterocycles. The average molecular weight is 325 g/mol. The summed E-state index contributed by atoms with van der Waals surface area (Å²) in [6.07, 6.45) is 5.52. The van der Waals surface area contributed by atoms with Gasteiger partial charge in [-0.15, -0.1) is 0 Å². The number of aromatic nitrogens is 1. The van der Waals surface area contributed by atoms with Crippen LogP contribution in [0.2, 0.25) is 0 Å². The van der Waals surface area contributed by atoms with E-state index in [0.717, 1.165) is 31.4 Å². The summed E-state index contributed by atoms with van der Waals surface area (Å²) in [5, 5.41) is 0. The highest BCUT2D eigenvalue weighted by Crippen LogP contribution is 2.26. The molecule has 22 heavy (non-hydrogen) atoms. The van der Waals surface area contributed by atoms with E-state index in [1.807, 2.05) is 33.0 Å². The minimum absolute atomic E-state index is 0.124. The van der Waals surface area contributed by atoms with Crippen LogP contribution in [0.4, 0.5) is 0 Å². The van der Waals surface area contributed by atoms with Crippen LogP contribution in [-0.4, -0.2) is 47.7 Å². The molecule has 1 aliphatic rings. The number of rotatable bonds is 7. The zero-order valence-electron chi connectivity index (χ0n) is 13.8. The predicted octanol–water partition coefficient (Wildman–Crippen LogP) is 2.37. The van der Waals surface area contributed by atoms with Gasteiger partial charge >= 0.3 is 0 Å². The van der Waals surface area contributed by atoms with Crippen molar-refractivity contribution in [2.45, 2.75) is 52.5 Å². The largest absolute Gasteiger partial charge is 0.282 e. The fraction of sp³-hybridized carbons (Fsp3) is 0.688. The lowest BCUT2D eigenvalue weighted by Gasteiger charge is -2.29. The number of aryl methyl sites for hydroxylation is 2. The van der Waals surface area contributed by atoms with Crippen molar-refractivity contribution >= 4 is 10.2 Å². The van der Waals surface area contributed by atoms with Crippen molar-refractivity contribution in [3.8, 4) is 0 Å². The van der Waals surface area contributed by atoms with Gasteiger partial charge < -0.3 is 0 Å². The Balaban J connectivity index is 2.04. The number of hydrogen-bond donors (Lipinski definition) is 0. The number of pyridine rings is 1. The minimum atomic E-state index is -3.31. The Labute approximate surface area is 134 Å². The van der Waals surface area contributed by atoms with Gasteiger partial charge in [-0.2, -0.15) is 17.0 Å². The average Bonchev–Trinajstić information content (AvgIpc) is 2.95. The van der Waals surface area contributed by atoms with Gasteiger partial charge in [-0.1, -0.05) is 13.8 Å². The maximum Gasteiger partial charge on any atom is 0.282 e. The van der Waals surface area contributed by atoms with E-state index < -0.39 is 10.2 Å². The van der Waals surface area contributed by atoms with Gasteiger partial charge in [0.05, 0.1) is 0 Å². The van der Waals surface area contributed by atoms with Crippen molar-refractivity contribution < 1.29 is 8.42 Å². The van der Waals surface area contributed by atoms with E-state index in [0.29, 0.717) is 19.6 Å². The first-order valence-electron chi connectivity index (χ1n) is 8.17. The summed E-state index contributed by atoms with van der Waals surface area (Å²) >= 11 is 0. The summed E-state index contributed by atoms with van der Waals surface area (Å²) < 4.78 is 28.7. The Kier molecular flexibility index (Phi) is 5.94. The van der Waals surface area contributed by atoms with Crippen LogP contribution in [0, 0.1) is 6.92 Å². The van der Waals surface area contributed by atoms with E-state index in [-0.39, 0.29) is 6.04 Å². The molecule has 0 radical (unpaired) electrons. The Morgan fingerprint density at radius 1 is 1.36 bits per heavy atom. The van der Waals surface area contributed by atoms with Gasteiger partial charge in [0.25, 0.3) is 10.2 Å². The lowest BCUT2D eigenvalue weighted by atomic mass is 10.0. The van der Waals surface area contributed by atoms with E-state index in [9.17, 15) is 8.42 Å². The third-order valence-corrected chi connectivity index (χ3v) is 6.62. The molecule has 0 aromatic carbocycles. The third kappa shape index (κ3) is 3.86. The molecule has 1 fully saturated rings. The van der Waals surface area contributed by atoms with Crippen molar-refractivity contribution in [3.05, 3.63) is 29.6 Å². The molecule has 2 heterocycles. The smallest absolute Gasteiger partial charge is 0.262 e. The topological polar surface area (TPSA) is 53.5 Å². The zero-order chi connectivity index (χ0) is 16.2. The van der Waals surface area contributed by atoms with Crippen LogP contribution >= 0.6 is 0 Å². The fourth-order valence-corrected chi connectivity index (χ4v) is 5.09. The van der Waals surface area contributed by atoms with Crippen LogP contribution in [0.25, 0.3) is 0 Å². The monoisotopic (exact) mass is 325 g/mol. The second kappa shape index (κ2) is 7.53. The molecular formula is C16H27N3O2S. The summed E-state index contributed by atoms with van der Waals surface area (Å²) in [6.45, 7) is 7.49. The first kappa shape index (κ1) is 17.4. The Hall–Kier alpha value is -0.980. The highest BCUT2D eigenvalue weighted by Gasteiger charge is 2.36.